The van der Waals surface area contributed by atoms with E-state index in [0.29, 0.717) is 0 Å². The molecule has 1 aliphatic rings. The van der Waals surface area contributed by atoms with Crippen molar-refractivity contribution in [2.75, 3.05) is 19.7 Å². The molecular weight excluding hydrogens is 249 g/mol. The molecule has 1 aromatic rings. The fourth-order valence-corrected chi connectivity index (χ4v) is 2.10. The number of rotatable bonds is 4. The van der Waals surface area contributed by atoms with Crippen LogP contribution in [0.4, 0.5) is 4.39 Å². The Hall–Kier alpha value is -1.91. The van der Waals surface area contributed by atoms with Gasteiger partial charge in [-0.15, -0.1) is 0 Å². The number of benzene rings is 1. The molecule has 0 saturated carbocycles. The van der Waals surface area contributed by atoms with Gasteiger partial charge >= 0.3 is 0 Å². The summed E-state index contributed by atoms with van der Waals surface area (Å²) in [5.41, 5.74) is 0.288. The van der Waals surface area contributed by atoms with Crippen molar-refractivity contribution in [1.29, 1.82) is 0 Å². The highest BCUT2D eigenvalue weighted by Gasteiger charge is 2.19. The van der Waals surface area contributed by atoms with Crippen molar-refractivity contribution >= 4 is 11.7 Å². The van der Waals surface area contributed by atoms with Crippen molar-refractivity contribution < 1.29 is 18.7 Å². The third-order valence-electron chi connectivity index (χ3n) is 3.13. The van der Waals surface area contributed by atoms with Gasteiger partial charge in [-0.3, -0.25) is 9.59 Å². The summed E-state index contributed by atoms with van der Waals surface area (Å²) in [7, 11) is 0. The Labute approximate surface area is 111 Å². The highest BCUT2D eigenvalue weighted by atomic mass is 19.1. The van der Waals surface area contributed by atoms with Gasteiger partial charge in [0.15, 0.2) is 12.4 Å². The molecule has 1 amide bonds. The Morgan fingerprint density at radius 2 is 2.00 bits per heavy atom. The van der Waals surface area contributed by atoms with Crippen LogP contribution in [-0.4, -0.2) is 36.3 Å². The van der Waals surface area contributed by atoms with E-state index in [4.69, 9.17) is 4.74 Å². The molecule has 1 heterocycles. The standard InChI is InChI=1S/C14H16FNO3/c1-10(17)12-5-4-11(15)8-13(12)19-9-14(18)16-6-2-3-7-16/h4-5,8H,2-3,6-7,9H2,1H3. The quantitative estimate of drug-likeness (QED) is 0.782. The normalized spacial score (nSPS) is 14.5. The molecule has 1 saturated heterocycles. The maximum absolute atomic E-state index is 13.1. The lowest BCUT2D eigenvalue weighted by Gasteiger charge is -2.16. The Bertz CT molecular complexity index is 495. The van der Waals surface area contributed by atoms with Crippen molar-refractivity contribution in [2.24, 2.45) is 0 Å². The zero-order valence-electron chi connectivity index (χ0n) is 10.8. The van der Waals surface area contributed by atoms with Crippen LogP contribution in [0.25, 0.3) is 0 Å². The average Bonchev–Trinajstić information content (AvgIpc) is 2.89. The topological polar surface area (TPSA) is 46.6 Å². The van der Waals surface area contributed by atoms with Gasteiger partial charge in [-0.2, -0.15) is 0 Å². The van der Waals surface area contributed by atoms with E-state index in [1.165, 1.54) is 19.1 Å². The molecule has 1 aromatic carbocycles. The molecule has 4 nitrogen and oxygen atoms in total. The molecule has 5 heteroatoms. The zero-order valence-corrected chi connectivity index (χ0v) is 10.8. The number of Topliss-reactive ketones (excluding diaryl/α,β-unsaturated/α-hetero) is 1. The summed E-state index contributed by atoms with van der Waals surface area (Å²) >= 11 is 0. The van der Waals surface area contributed by atoms with Gasteiger partial charge in [0, 0.05) is 19.2 Å². The van der Waals surface area contributed by atoms with Crippen molar-refractivity contribution in [3.8, 4) is 5.75 Å². The third-order valence-corrected chi connectivity index (χ3v) is 3.13. The molecule has 0 aromatic heterocycles. The van der Waals surface area contributed by atoms with Crippen LogP contribution in [0.3, 0.4) is 0 Å². The molecule has 0 radical (unpaired) electrons. The van der Waals surface area contributed by atoms with Gasteiger partial charge in [0.25, 0.3) is 5.91 Å². The van der Waals surface area contributed by atoms with Crippen LogP contribution in [0.2, 0.25) is 0 Å². The lowest BCUT2D eigenvalue weighted by Crippen LogP contribution is -2.32. The van der Waals surface area contributed by atoms with E-state index >= 15 is 0 Å². The Morgan fingerprint density at radius 3 is 2.63 bits per heavy atom. The highest BCUT2D eigenvalue weighted by molar-refractivity contribution is 5.96. The third kappa shape index (κ3) is 3.30. The van der Waals surface area contributed by atoms with Crippen LogP contribution >= 0.6 is 0 Å². The SMILES string of the molecule is CC(=O)c1ccc(F)cc1OCC(=O)N1CCCC1. The number of ether oxygens (including phenoxy) is 1. The van der Waals surface area contributed by atoms with Crippen LogP contribution in [0, 0.1) is 5.82 Å². The molecule has 2 rings (SSSR count). The van der Waals surface area contributed by atoms with Crippen LogP contribution in [0.5, 0.6) is 5.75 Å². The maximum atomic E-state index is 13.1. The van der Waals surface area contributed by atoms with Crippen molar-refractivity contribution in [3.63, 3.8) is 0 Å². The Balaban J connectivity index is 2.04. The minimum Gasteiger partial charge on any atom is -0.483 e. The number of ketones is 1. The summed E-state index contributed by atoms with van der Waals surface area (Å²) in [5, 5.41) is 0. The predicted molar refractivity (Wildman–Crippen MR) is 67.7 cm³/mol. The fraction of sp³-hybridized carbons (Fsp3) is 0.429. The van der Waals surface area contributed by atoms with Gasteiger partial charge in [0.2, 0.25) is 0 Å². The van der Waals surface area contributed by atoms with Crippen molar-refractivity contribution in [1.82, 2.24) is 4.90 Å². The molecule has 1 fully saturated rings. The summed E-state index contributed by atoms with van der Waals surface area (Å²) in [6.07, 6.45) is 2.01. The van der Waals surface area contributed by atoms with Gasteiger partial charge in [-0.05, 0) is 31.9 Å². The van der Waals surface area contributed by atoms with Crippen LogP contribution < -0.4 is 4.74 Å². The molecule has 0 spiro atoms. The summed E-state index contributed by atoms with van der Waals surface area (Å²) in [6.45, 7) is 2.70. The van der Waals surface area contributed by atoms with E-state index in [1.807, 2.05) is 0 Å². The number of carbonyl (C=O) groups excluding carboxylic acids is 2. The van der Waals surface area contributed by atoms with E-state index in [1.54, 1.807) is 4.90 Å². The van der Waals surface area contributed by atoms with E-state index in [-0.39, 0.29) is 29.6 Å². The number of likely N-dealkylation sites (tertiary alicyclic amines) is 1. The molecular formula is C14H16FNO3. The minimum absolute atomic E-state index is 0.125. The van der Waals surface area contributed by atoms with Crippen molar-refractivity contribution in [3.05, 3.63) is 29.6 Å². The van der Waals surface area contributed by atoms with E-state index < -0.39 is 5.82 Å². The second-order valence-electron chi connectivity index (χ2n) is 4.57. The second kappa shape index (κ2) is 5.82. The molecule has 19 heavy (non-hydrogen) atoms. The van der Waals surface area contributed by atoms with Gasteiger partial charge in [0.1, 0.15) is 11.6 Å². The van der Waals surface area contributed by atoms with Gasteiger partial charge in [-0.1, -0.05) is 0 Å². The molecule has 0 unspecified atom stereocenters. The molecule has 102 valence electrons. The van der Waals surface area contributed by atoms with E-state index in [9.17, 15) is 14.0 Å². The van der Waals surface area contributed by atoms with E-state index in [2.05, 4.69) is 0 Å². The lowest BCUT2D eigenvalue weighted by atomic mass is 10.1. The number of hydrogen-bond acceptors (Lipinski definition) is 3. The first-order chi connectivity index (χ1) is 9.08. The number of hydrogen-bond donors (Lipinski definition) is 0. The van der Waals surface area contributed by atoms with Crippen molar-refractivity contribution in [2.45, 2.75) is 19.8 Å². The van der Waals surface area contributed by atoms with Crippen LogP contribution in [-0.2, 0) is 4.79 Å². The van der Waals surface area contributed by atoms with E-state index in [0.717, 1.165) is 32.0 Å². The van der Waals surface area contributed by atoms with Gasteiger partial charge in [-0.25, -0.2) is 4.39 Å². The average molecular weight is 265 g/mol. The van der Waals surface area contributed by atoms with Crippen LogP contribution in [0.1, 0.15) is 30.1 Å². The summed E-state index contributed by atoms with van der Waals surface area (Å²) in [4.78, 5) is 24.9. The summed E-state index contributed by atoms with van der Waals surface area (Å²) < 4.78 is 18.5. The number of amides is 1. The Morgan fingerprint density at radius 1 is 1.32 bits per heavy atom. The smallest absolute Gasteiger partial charge is 0.260 e. The van der Waals surface area contributed by atoms with Crippen LogP contribution in [0.15, 0.2) is 18.2 Å². The largest absolute Gasteiger partial charge is 0.483 e. The molecule has 0 N–H and O–H groups in total. The first kappa shape index (κ1) is 13.5. The second-order valence-corrected chi connectivity index (χ2v) is 4.57. The molecule has 0 atom stereocenters. The predicted octanol–water partition coefficient (Wildman–Crippen LogP) is 2.03. The fourth-order valence-electron chi connectivity index (χ4n) is 2.10. The number of carbonyl (C=O) groups is 2. The minimum atomic E-state index is -0.492. The molecule has 0 aliphatic carbocycles. The first-order valence-corrected chi connectivity index (χ1v) is 6.29. The Kier molecular flexibility index (Phi) is 4.14. The number of nitrogens with zero attached hydrogens (tertiary/aromatic N) is 1. The summed E-state index contributed by atoms with van der Waals surface area (Å²) in [6, 6.07) is 3.70. The lowest BCUT2D eigenvalue weighted by molar-refractivity contribution is -0.132. The highest BCUT2D eigenvalue weighted by Crippen LogP contribution is 2.20. The maximum Gasteiger partial charge on any atom is 0.260 e. The molecule has 0 bridgehead atoms. The number of halogens is 1. The molecule has 1 aliphatic heterocycles. The zero-order chi connectivity index (χ0) is 13.8. The summed E-state index contributed by atoms with van der Waals surface area (Å²) in [5.74, 6) is -0.714. The van der Waals surface area contributed by atoms with Gasteiger partial charge in [0.05, 0.1) is 5.56 Å². The first-order valence-electron chi connectivity index (χ1n) is 6.29. The van der Waals surface area contributed by atoms with Gasteiger partial charge < -0.3 is 9.64 Å². The monoisotopic (exact) mass is 265 g/mol.